The first kappa shape index (κ1) is 8.85. The highest BCUT2D eigenvalue weighted by molar-refractivity contribution is 5.18. The van der Waals surface area contributed by atoms with Crippen molar-refractivity contribution in [1.29, 1.82) is 0 Å². The predicted molar refractivity (Wildman–Crippen MR) is 53.5 cm³/mol. The number of hydrogen-bond acceptors (Lipinski definition) is 1. The maximum atomic E-state index is 5.70. The molecule has 0 aromatic rings. The van der Waals surface area contributed by atoms with Gasteiger partial charge < -0.3 is 5.73 Å². The Kier molecular flexibility index (Phi) is 3.39. The molecule has 0 saturated carbocycles. The van der Waals surface area contributed by atoms with Gasteiger partial charge in [0.1, 0.15) is 0 Å². The van der Waals surface area contributed by atoms with Gasteiger partial charge in [0.25, 0.3) is 0 Å². The van der Waals surface area contributed by atoms with E-state index in [0.717, 1.165) is 12.1 Å². The second-order valence-electron chi connectivity index (χ2n) is 3.00. The minimum Gasteiger partial charge on any atom is -0.402 e. The van der Waals surface area contributed by atoms with Crippen molar-refractivity contribution >= 4 is 0 Å². The number of allylic oxidation sites excluding steroid dienone is 7. The second kappa shape index (κ2) is 4.60. The zero-order valence-electron chi connectivity index (χ0n) is 7.40. The molecule has 0 fully saturated rings. The molecule has 1 aliphatic carbocycles. The van der Waals surface area contributed by atoms with Crippen LogP contribution in [-0.4, -0.2) is 0 Å². The lowest BCUT2D eigenvalue weighted by Gasteiger charge is -1.98. The van der Waals surface area contributed by atoms with Gasteiger partial charge in [0.15, 0.2) is 0 Å². The molecule has 0 radical (unpaired) electrons. The van der Waals surface area contributed by atoms with E-state index in [4.69, 9.17) is 5.73 Å². The summed E-state index contributed by atoms with van der Waals surface area (Å²) in [7, 11) is 0. The molecule has 1 nitrogen and oxygen atoms in total. The second-order valence-corrected chi connectivity index (χ2v) is 3.00. The molecule has 1 rings (SSSR count). The summed E-state index contributed by atoms with van der Waals surface area (Å²) in [6.07, 6.45) is 15.3. The third-order valence-electron chi connectivity index (χ3n) is 1.74. The molecule has 1 atom stereocenters. The Bertz CT molecular complexity index is 244. The van der Waals surface area contributed by atoms with Gasteiger partial charge in [-0.05, 0) is 12.0 Å². The molecule has 0 heterocycles. The van der Waals surface area contributed by atoms with E-state index in [2.05, 4.69) is 31.2 Å². The topological polar surface area (TPSA) is 26.0 Å². The highest BCUT2D eigenvalue weighted by Crippen LogP contribution is 2.03. The van der Waals surface area contributed by atoms with E-state index in [0.29, 0.717) is 5.92 Å². The SMILES string of the molecule is CC1C=C/C=C(/N)C/C=C\C=C/1. The van der Waals surface area contributed by atoms with Crippen LogP contribution in [0.15, 0.2) is 48.2 Å². The quantitative estimate of drug-likeness (QED) is 0.580. The van der Waals surface area contributed by atoms with E-state index in [9.17, 15) is 0 Å². The largest absolute Gasteiger partial charge is 0.402 e. The molecule has 64 valence electrons. The van der Waals surface area contributed by atoms with Gasteiger partial charge >= 0.3 is 0 Å². The van der Waals surface area contributed by atoms with Crippen LogP contribution in [0.2, 0.25) is 0 Å². The van der Waals surface area contributed by atoms with Crippen molar-refractivity contribution < 1.29 is 0 Å². The molecule has 0 spiro atoms. The summed E-state index contributed by atoms with van der Waals surface area (Å²) in [4.78, 5) is 0. The van der Waals surface area contributed by atoms with Crippen molar-refractivity contribution in [2.24, 2.45) is 11.7 Å². The Labute approximate surface area is 74.0 Å². The average Bonchev–Trinajstić information content (AvgIpc) is 2.04. The van der Waals surface area contributed by atoms with Gasteiger partial charge in [0.2, 0.25) is 0 Å². The fourth-order valence-electron chi connectivity index (χ4n) is 1.01. The van der Waals surface area contributed by atoms with E-state index >= 15 is 0 Å². The minimum absolute atomic E-state index is 0.483. The Morgan fingerprint density at radius 3 is 2.83 bits per heavy atom. The molecule has 1 heteroatoms. The van der Waals surface area contributed by atoms with Gasteiger partial charge in [-0.1, -0.05) is 43.4 Å². The normalized spacial score (nSPS) is 33.4. The van der Waals surface area contributed by atoms with Gasteiger partial charge in [0, 0.05) is 12.1 Å². The van der Waals surface area contributed by atoms with E-state index in [1.165, 1.54) is 0 Å². The Morgan fingerprint density at radius 2 is 2.00 bits per heavy atom. The van der Waals surface area contributed by atoms with Crippen molar-refractivity contribution in [1.82, 2.24) is 0 Å². The van der Waals surface area contributed by atoms with Crippen LogP contribution in [0, 0.1) is 5.92 Å². The maximum absolute atomic E-state index is 5.70. The summed E-state index contributed by atoms with van der Waals surface area (Å²) in [6, 6.07) is 0. The van der Waals surface area contributed by atoms with Crippen molar-refractivity contribution in [2.45, 2.75) is 13.3 Å². The van der Waals surface area contributed by atoms with Gasteiger partial charge in [-0.25, -0.2) is 0 Å². The molecule has 0 bridgehead atoms. The Balaban J connectivity index is 2.72. The zero-order chi connectivity index (χ0) is 8.81. The molecule has 0 amide bonds. The molecular weight excluding hydrogens is 146 g/mol. The zero-order valence-corrected chi connectivity index (χ0v) is 7.40. The Hall–Kier alpha value is -1.24. The average molecular weight is 161 g/mol. The smallest absolute Gasteiger partial charge is 0.0119 e. The summed E-state index contributed by atoms with van der Waals surface area (Å²) in [5, 5.41) is 0. The first-order valence-electron chi connectivity index (χ1n) is 4.25. The van der Waals surface area contributed by atoms with Crippen LogP contribution in [0.4, 0.5) is 0 Å². The van der Waals surface area contributed by atoms with Gasteiger partial charge in [-0.15, -0.1) is 0 Å². The summed E-state index contributed by atoms with van der Waals surface area (Å²) in [5.41, 5.74) is 6.61. The third-order valence-corrected chi connectivity index (χ3v) is 1.74. The van der Waals surface area contributed by atoms with E-state index in [-0.39, 0.29) is 0 Å². The molecule has 2 N–H and O–H groups in total. The molecule has 1 unspecified atom stereocenters. The van der Waals surface area contributed by atoms with E-state index in [1.807, 2.05) is 18.2 Å². The van der Waals surface area contributed by atoms with Gasteiger partial charge in [-0.3, -0.25) is 0 Å². The van der Waals surface area contributed by atoms with Crippen molar-refractivity contribution in [3.63, 3.8) is 0 Å². The Morgan fingerprint density at radius 1 is 1.25 bits per heavy atom. The van der Waals surface area contributed by atoms with Crippen LogP contribution in [0.3, 0.4) is 0 Å². The highest BCUT2D eigenvalue weighted by Gasteiger charge is 1.89. The molecular formula is C11H15N. The summed E-state index contributed by atoms with van der Waals surface area (Å²) in [6.45, 7) is 2.15. The lowest BCUT2D eigenvalue weighted by molar-refractivity contribution is 0.938. The maximum Gasteiger partial charge on any atom is 0.0119 e. The van der Waals surface area contributed by atoms with Gasteiger partial charge in [-0.2, -0.15) is 0 Å². The number of hydrogen-bond donors (Lipinski definition) is 1. The summed E-state index contributed by atoms with van der Waals surface area (Å²) in [5.74, 6) is 0.483. The van der Waals surface area contributed by atoms with Crippen LogP contribution in [0.5, 0.6) is 0 Å². The fourth-order valence-corrected chi connectivity index (χ4v) is 1.01. The molecule has 0 aliphatic heterocycles. The van der Waals surface area contributed by atoms with Gasteiger partial charge in [0.05, 0.1) is 0 Å². The highest BCUT2D eigenvalue weighted by atomic mass is 14.6. The van der Waals surface area contributed by atoms with Crippen LogP contribution in [0.25, 0.3) is 0 Å². The molecule has 0 aromatic heterocycles. The van der Waals surface area contributed by atoms with Crippen molar-refractivity contribution in [3.8, 4) is 0 Å². The van der Waals surface area contributed by atoms with Crippen molar-refractivity contribution in [2.75, 3.05) is 0 Å². The lowest BCUT2D eigenvalue weighted by Crippen LogP contribution is -1.94. The molecule has 12 heavy (non-hydrogen) atoms. The minimum atomic E-state index is 0.483. The van der Waals surface area contributed by atoms with Crippen LogP contribution < -0.4 is 5.73 Å². The predicted octanol–water partition coefficient (Wildman–Crippen LogP) is 2.54. The fraction of sp³-hybridized carbons (Fsp3) is 0.273. The van der Waals surface area contributed by atoms with E-state index < -0.39 is 0 Å². The summed E-state index contributed by atoms with van der Waals surface area (Å²) >= 11 is 0. The third kappa shape index (κ3) is 3.24. The lowest BCUT2D eigenvalue weighted by atomic mass is 10.1. The van der Waals surface area contributed by atoms with E-state index in [1.54, 1.807) is 0 Å². The van der Waals surface area contributed by atoms with Crippen LogP contribution >= 0.6 is 0 Å². The number of rotatable bonds is 0. The standard InChI is InChI=1S/C11H15N/c1-10-6-3-2-4-8-11(12)9-5-7-10/h2-7,9-10H,8,12H2,1H3/b4-2-,6-3-,7-5?,11-9+. The van der Waals surface area contributed by atoms with Crippen LogP contribution in [-0.2, 0) is 0 Å². The van der Waals surface area contributed by atoms with Crippen LogP contribution in [0.1, 0.15) is 13.3 Å². The summed E-state index contributed by atoms with van der Waals surface area (Å²) < 4.78 is 0. The molecule has 0 aromatic carbocycles. The first-order valence-corrected chi connectivity index (χ1v) is 4.25. The molecule has 0 saturated heterocycles. The number of nitrogens with two attached hydrogens (primary N) is 1. The monoisotopic (exact) mass is 161 g/mol. The first-order chi connectivity index (χ1) is 5.79. The van der Waals surface area contributed by atoms with Crippen molar-refractivity contribution in [3.05, 3.63) is 48.2 Å². The molecule has 1 aliphatic rings.